The van der Waals surface area contributed by atoms with E-state index in [0.29, 0.717) is 24.2 Å². The minimum Gasteiger partial charge on any atom is -0.398 e. The van der Waals surface area contributed by atoms with Crippen LogP contribution >= 0.6 is 11.6 Å². The van der Waals surface area contributed by atoms with E-state index in [-0.39, 0.29) is 22.4 Å². The van der Waals surface area contributed by atoms with Gasteiger partial charge in [-0.15, -0.1) is 0 Å². The van der Waals surface area contributed by atoms with E-state index in [0.717, 1.165) is 0 Å². The van der Waals surface area contributed by atoms with Crippen molar-refractivity contribution in [3.8, 4) is 0 Å². The first-order chi connectivity index (χ1) is 9.23. The lowest BCUT2D eigenvalue weighted by Gasteiger charge is -2.33. The van der Waals surface area contributed by atoms with E-state index in [1.807, 2.05) is 6.92 Å². The maximum Gasteiger partial charge on any atom is 0.243 e. The van der Waals surface area contributed by atoms with Crippen molar-refractivity contribution < 1.29 is 13.5 Å². The predicted molar refractivity (Wildman–Crippen MR) is 79.1 cm³/mol. The molecule has 0 spiro atoms. The summed E-state index contributed by atoms with van der Waals surface area (Å²) >= 11 is 5.91. The fraction of sp³-hybridized carbons (Fsp3) is 0.538. The molecule has 0 bridgehead atoms. The van der Waals surface area contributed by atoms with Gasteiger partial charge in [0.25, 0.3) is 0 Å². The quantitative estimate of drug-likeness (QED) is 0.812. The molecule has 5 nitrogen and oxygen atoms in total. The van der Waals surface area contributed by atoms with Crippen molar-refractivity contribution in [3.05, 3.63) is 22.7 Å². The van der Waals surface area contributed by atoms with Crippen LogP contribution in [0.25, 0.3) is 0 Å². The number of nitrogens with zero attached hydrogens (tertiary/aromatic N) is 1. The molecule has 1 fully saturated rings. The van der Waals surface area contributed by atoms with Gasteiger partial charge in [0.2, 0.25) is 10.0 Å². The van der Waals surface area contributed by atoms with E-state index in [4.69, 9.17) is 17.3 Å². The summed E-state index contributed by atoms with van der Waals surface area (Å²) in [4.78, 5) is 0.115. The maximum absolute atomic E-state index is 12.7. The number of hydrogen-bond donors (Lipinski definition) is 2. The summed E-state index contributed by atoms with van der Waals surface area (Å²) in [5.41, 5.74) is 6.62. The van der Waals surface area contributed by atoms with Gasteiger partial charge in [-0.05, 0) is 37.0 Å². The number of nitrogens with two attached hydrogens (primary N) is 1. The topological polar surface area (TPSA) is 83.6 Å². The highest BCUT2D eigenvalue weighted by Gasteiger charge is 2.34. The molecule has 3 N–H and O–H groups in total. The number of rotatable bonds is 2. The molecule has 0 amide bonds. The number of aliphatic hydroxyl groups is 1. The van der Waals surface area contributed by atoms with Crippen molar-refractivity contribution in [1.29, 1.82) is 0 Å². The third kappa shape index (κ3) is 2.79. The molecule has 20 heavy (non-hydrogen) atoms. The van der Waals surface area contributed by atoms with Gasteiger partial charge in [-0.1, -0.05) is 18.5 Å². The molecular weight excluding hydrogens is 300 g/mol. The highest BCUT2D eigenvalue weighted by Crippen LogP contribution is 2.30. The van der Waals surface area contributed by atoms with Crippen LogP contribution in [-0.4, -0.2) is 37.0 Å². The number of anilines is 1. The minimum absolute atomic E-state index is 0.104. The third-order valence-corrected chi connectivity index (χ3v) is 6.07. The van der Waals surface area contributed by atoms with E-state index in [9.17, 15) is 13.5 Å². The number of halogens is 1. The van der Waals surface area contributed by atoms with E-state index < -0.39 is 16.1 Å². The summed E-state index contributed by atoms with van der Waals surface area (Å²) < 4.78 is 26.6. The number of sulfonamides is 1. The molecule has 1 aliphatic heterocycles. The molecule has 0 aromatic heterocycles. The van der Waals surface area contributed by atoms with E-state index in [2.05, 4.69) is 0 Å². The minimum atomic E-state index is -3.69. The number of aliphatic hydroxyl groups excluding tert-OH is 1. The monoisotopic (exact) mass is 318 g/mol. The molecule has 2 atom stereocenters. The lowest BCUT2D eigenvalue weighted by Crippen LogP contribution is -2.45. The second kappa shape index (κ2) is 5.52. The second-order valence-electron chi connectivity index (χ2n) is 5.31. The van der Waals surface area contributed by atoms with Crippen LogP contribution in [0.3, 0.4) is 0 Å². The van der Waals surface area contributed by atoms with Gasteiger partial charge in [-0.3, -0.25) is 0 Å². The van der Waals surface area contributed by atoms with Crippen LogP contribution in [0.1, 0.15) is 18.9 Å². The first kappa shape index (κ1) is 15.6. The van der Waals surface area contributed by atoms with Gasteiger partial charge in [0, 0.05) is 23.8 Å². The van der Waals surface area contributed by atoms with Gasteiger partial charge >= 0.3 is 0 Å². The zero-order chi connectivity index (χ0) is 15.1. The zero-order valence-electron chi connectivity index (χ0n) is 11.5. The summed E-state index contributed by atoms with van der Waals surface area (Å²) in [6, 6.07) is 2.94. The van der Waals surface area contributed by atoms with Crippen molar-refractivity contribution >= 4 is 27.3 Å². The van der Waals surface area contributed by atoms with Crippen LogP contribution in [0.2, 0.25) is 5.02 Å². The number of benzene rings is 1. The number of nitrogen functional groups attached to an aromatic ring is 1. The van der Waals surface area contributed by atoms with Gasteiger partial charge in [-0.2, -0.15) is 4.31 Å². The van der Waals surface area contributed by atoms with E-state index >= 15 is 0 Å². The maximum atomic E-state index is 12.7. The van der Waals surface area contributed by atoms with Crippen LogP contribution < -0.4 is 5.73 Å². The van der Waals surface area contributed by atoms with Crippen LogP contribution in [0.5, 0.6) is 0 Å². The Kier molecular flexibility index (Phi) is 4.30. The van der Waals surface area contributed by atoms with Gasteiger partial charge < -0.3 is 10.8 Å². The fourth-order valence-corrected chi connectivity index (χ4v) is 4.36. The number of β-amino-alcohol motifs (C(OH)–C–C–N with tert-alkyl or cyclic N) is 1. The average molecular weight is 319 g/mol. The highest BCUT2D eigenvalue weighted by atomic mass is 35.5. The number of piperidine rings is 1. The molecule has 1 heterocycles. The molecule has 1 aromatic carbocycles. The van der Waals surface area contributed by atoms with Crippen LogP contribution in [0, 0.1) is 12.8 Å². The van der Waals surface area contributed by atoms with Gasteiger partial charge in [0.15, 0.2) is 0 Å². The van der Waals surface area contributed by atoms with E-state index in [1.165, 1.54) is 16.4 Å². The molecule has 1 saturated heterocycles. The van der Waals surface area contributed by atoms with Crippen molar-refractivity contribution in [1.82, 2.24) is 4.31 Å². The van der Waals surface area contributed by atoms with E-state index in [1.54, 1.807) is 6.92 Å². The fourth-order valence-electron chi connectivity index (χ4n) is 2.32. The largest absolute Gasteiger partial charge is 0.398 e. The standard InChI is InChI=1S/C13H19ClN2O3S/c1-8-3-4-16(7-12(8)17)20(18,19)13-6-10(14)5-11(15)9(13)2/h5-6,8,12,17H,3-4,7,15H2,1-2H3. The van der Waals surface area contributed by atoms with Gasteiger partial charge in [0.05, 0.1) is 11.0 Å². The van der Waals surface area contributed by atoms with Crippen molar-refractivity contribution in [2.75, 3.05) is 18.8 Å². The van der Waals surface area contributed by atoms with Crippen molar-refractivity contribution in [2.24, 2.45) is 5.92 Å². The summed E-state index contributed by atoms with van der Waals surface area (Å²) in [7, 11) is -3.69. The molecular formula is C13H19ClN2O3S. The lowest BCUT2D eigenvalue weighted by atomic mass is 9.98. The Morgan fingerprint density at radius 1 is 1.45 bits per heavy atom. The Labute approximate surface area is 124 Å². The smallest absolute Gasteiger partial charge is 0.243 e. The second-order valence-corrected chi connectivity index (χ2v) is 7.66. The normalized spacial score (nSPS) is 24.8. The molecule has 112 valence electrons. The summed E-state index contributed by atoms with van der Waals surface area (Å²) in [6.45, 7) is 4.07. The average Bonchev–Trinajstić information content (AvgIpc) is 2.36. The highest BCUT2D eigenvalue weighted by molar-refractivity contribution is 7.89. The zero-order valence-corrected chi connectivity index (χ0v) is 13.1. The van der Waals surface area contributed by atoms with Crippen molar-refractivity contribution in [3.63, 3.8) is 0 Å². The SMILES string of the molecule is Cc1c(N)cc(Cl)cc1S(=O)(=O)N1CCC(C)C(O)C1. The molecule has 1 aromatic rings. The first-order valence-corrected chi connectivity index (χ1v) is 8.29. The van der Waals surface area contributed by atoms with Crippen LogP contribution in [0.15, 0.2) is 17.0 Å². The van der Waals surface area contributed by atoms with Gasteiger partial charge in [0.1, 0.15) is 0 Å². The molecule has 2 unspecified atom stereocenters. The molecule has 1 aliphatic rings. The van der Waals surface area contributed by atoms with Crippen molar-refractivity contribution in [2.45, 2.75) is 31.3 Å². The van der Waals surface area contributed by atoms with Crippen LogP contribution in [-0.2, 0) is 10.0 Å². The Bertz CT molecular complexity index is 618. The Balaban J connectivity index is 2.41. The predicted octanol–water partition coefficient (Wildman–Crippen LogP) is 1.62. The summed E-state index contributed by atoms with van der Waals surface area (Å²) in [5, 5.41) is 10.2. The van der Waals surface area contributed by atoms with Gasteiger partial charge in [-0.25, -0.2) is 8.42 Å². The Morgan fingerprint density at radius 3 is 2.70 bits per heavy atom. The summed E-state index contributed by atoms with van der Waals surface area (Å²) in [6.07, 6.45) is -0.00877. The number of hydrogen-bond acceptors (Lipinski definition) is 4. The molecule has 0 aliphatic carbocycles. The Morgan fingerprint density at radius 2 is 2.10 bits per heavy atom. The molecule has 0 saturated carbocycles. The molecule has 7 heteroatoms. The first-order valence-electron chi connectivity index (χ1n) is 6.47. The molecule has 0 radical (unpaired) electrons. The lowest BCUT2D eigenvalue weighted by molar-refractivity contribution is 0.0605. The Hall–Kier alpha value is -0.820. The molecule has 2 rings (SSSR count). The summed E-state index contributed by atoms with van der Waals surface area (Å²) in [5.74, 6) is 0.104. The third-order valence-electron chi connectivity index (χ3n) is 3.86. The van der Waals surface area contributed by atoms with Crippen LogP contribution in [0.4, 0.5) is 5.69 Å².